The van der Waals surface area contributed by atoms with Crippen LogP contribution in [0.1, 0.15) is 27.4 Å². The number of amides is 1. The van der Waals surface area contributed by atoms with Crippen LogP contribution in [0.15, 0.2) is 29.1 Å². The number of pyridine rings is 1. The maximum Gasteiger partial charge on any atom is 0.261 e. The summed E-state index contributed by atoms with van der Waals surface area (Å²) in [6.45, 7) is 3.92. The number of nitrogens with zero attached hydrogens (tertiary/aromatic N) is 1. The van der Waals surface area contributed by atoms with Crippen LogP contribution < -0.4 is 15.6 Å². The van der Waals surface area contributed by atoms with Gasteiger partial charge in [0.05, 0.1) is 18.1 Å². The Hall–Kier alpha value is -3.09. The number of fused-ring (bicyclic) bond motifs is 1. The molecule has 2 heterocycles. The van der Waals surface area contributed by atoms with Gasteiger partial charge in [0, 0.05) is 24.7 Å². The third-order valence-electron chi connectivity index (χ3n) is 3.98. The quantitative estimate of drug-likeness (QED) is 0.660. The van der Waals surface area contributed by atoms with Gasteiger partial charge in [-0.1, -0.05) is 0 Å². The zero-order valence-corrected chi connectivity index (χ0v) is 14.4. The van der Waals surface area contributed by atoms with Gasteiger partial charge < -0.3 is 20.0 Å². The second kappa shape index (κ2) is 6.80. The lowest BCUT2D eigenvalue weighted by molar-refractivity contribution is 0.0952. The van der Waals surface area contributed by atoms with Crippen molar-refractivity contribution in [3.63, 3.8) is 0 Å². The monoisotopic (exact) mass is 340 g/mol. The molecular weight excluding hydrogens is 320 g/mol. The van der Waals surface area contributed by atoms with Gasteiger partial charge in [0.1, 0.15) is 17.1 Å². The predicted molar refractivity (Wildman–Crippen MR) is 95.2 cm³/mol. The van der Waals surface area contributed by atoms with E-state index < -0.39 is 0 Å². The number of rotatable bonds is 5. The molecule has 0 radical (unpaired) electrons. The molecule has 0 fully saturated rings. The number of aromatic amines is 2. The third kappa shape index (κ3) is 3.55. The van der Waals surface area contributed by atoms with Gasteiger partial charge in [-0.25, -0.2) is 4.98 Å². The first-order valence-electron chi connectivity index (χ1n) is 7.99. The highest BCUT2D eigenvalue weighted by Crippen LogP contribution is 2.18. The molecule has 0 unspecified atom stereocenters. The van der Waals surface area contributed by atoms with Crippen LogP contribution in [0.4, 0.5) is 0 Å². The van der Waals surface area contributed by atoms with Crippen molar-refractivity contribution in [2.75, 3.05) is 13.7 Å². The number of ether oxygens (including phenoxy) is 1. The molecule has 0 aliphatic heterocycles. The number of hydrogen-bond donors (Lipinski definition) is 3. The molecule has 1 aromatic carbocycles. The Bertz CT molecular complexity index is 988. The molecule has 0 aliphatic carbocycles. The van der Waals surface area contributed by atoms with E-state index >= 15 is 0 Å². The van der Waals surface area contributed by atoms with Gasteiger partial charge in [0.2, 0.25) is 0 Å². The number of hydrogen-bond acceptors (Lipinski definition) is 4. The SMILES string of the molecule is COc1ccc2nc(CCNC(=O)c3c(C)cc(C)[nH]c3=O)[nH]c2c1. The first-order chi connectivity index (χ1) is 12.0. The van der Waals surface area contributed by atoms with Crippen LogP contribution in [-0.4, -0.2) is 34.5 Å². The maximum absolute atomic E-state index is 12.3. The van der Waals surface area contributed by atoms with Crippen LogP contribution in [0.2, 0.25) is 0 Å². The molecule has 7 nitrogen and oxygen atoms in total. The summed E-state index contributed by atoms with van der Waals surface area (Å²) in [7, 11) is 1.61. The molecule has 0 aliphatic rings. The minimum Gasteiger partial charge on any atom is -0.497 e. The van der Waals surface area contributed by atoms with Crippen molar-refractivity contribution in [1.29, 1.82) is 0 Å². The van der Waals surface area contributed by atoms with E-state index in [0.717, 1.165) is 28.3 Å². The number of nitrogens with one attached hydrogen (secondary N) is 3. The first kappa shape index (κ1) is 16.8. The standard InChI is InChI=1S/C18H20N4O3/c1-10-8-11(2)20-18(24)16(10)17(23)19-7-6-15-21-13-5-4-12(25-3)9-14(13)22-15/h4-5,8-9H,6-7H2,1-3H3,(H,19,23)(H,20,24)(H,21,22). The van der Waals surface area contributed by atoms with E-state index in [0.29, 0.717) is 18.5 Å². The molecule has 3 N–H and O–H groups in total. The third-order valence-corrected chi connectivity index (χ3v) is 3.98. The average Bonchev–Trinajstić information content (AvgIpc) is 2.95. The molecule has 7 heteroatoms. The normalized spacial score (nSPS) is 10.8. The predicted octanol–water partition coefficient (Wildman–Crippen LogP) is 1.85. The summed E-state index contributed by atoms with van der Waals surface area (Å²) in [5.41, 5.74) is 2.90. The van der Waals surface area contributed by atoms with Crippen molar-refractivity contribution >= 4 is 16.9 Å². The summed E-state index contributed by atoms with van der Waals surface area (Å²) in [6.07, 6.45) is 0.533. The van der Waals surface area contributed by atoms with Crippen molar-refractivity contribution in [2.24, 2.45) is 0 Å². The highest BCUT2D eigenvalue weighted by molar-refractivity contribution is 5.95. The fourth-order valence-corrected chi connectivity index (χ4v) is 2.81. The zero-order valence-electron chi connectivity index (χ0n) is 14.4. The molecule has 0 bridgehead atoms. The Morgan fingerprint density at radius 2 is 2.04 bits per heavy atom. The molecular formula is C18H20N4O3. The van der Waals surface area contributed by atoms with Crippen molar-refractivity contribution in [3.8, 4) is 5.75 Å². The average molecular weight is 340 g/mol. The molecule has 25 heavy (non-hydrogen) atoms. The number of aryl methyl sites for hydroxylation is 2. The van der Waals surface area contributed by atoms with Crippen LogP contribution in [0, 0.1) is 13.8 Å². The van der Waals surface area contributed by atoms with Gasteiger partial charge in [0.15, 0.2) is 0 Å². The summed E-state index contributed by atoms with van der Waals surface area (Å²) in [5.74, 6) is 1.14. The molecule has 1 amide bonds. The number of aromatic nitrogens is 3. The minimum atomic E-state index is -0.378. The van der Waals surface area contributed by atoms with Gasteiger partial charge in [-0.2, -0.15) is 0 Å². The largest absolute Gasteiger partial charge is 0.497 e. The van der Waals surface area contributed by atoms with E-state index in [9.17, 15) is 9.59 Å². The van der Waals surface area contributed by atoms with Crippen molar-refractivity contribution in [1.82, 2.24) is 20.3 Å². The second-order valence-electron chi connectivity index (χ2n) is 5.91. The fraction of sp³-hybridized carbons (Fsp3) is 0.278. The van der Waals surface area contributed by atoms with E-state index in [4.69, 9.17) is 4.74 Å². The highest BCUT2D eigenvalue weighted by atomic mass is 16.5. The summed E-state index contributed by atoms with van der Waals surface area (Å²) in [5, 5.41) is 2.77. The number of imidazole rings is 1. The number of H-pyrrole nitrogens is 2. The number of carbonyl (C=O) groups excluding carboxylic acids is 1. The van der Waals surface area contributed by atoms with Crippen molar-refractivity contribution in [2.45, 2.75) is 20.3 Å². The molecule has 0 atom stereocenters. The molecule has 0 saturated heterocycles. The van der Waals surface area contributed by atoms with Crippen LogP contribution in [0.25, 0.3) is 11.0 Å². The van der Waals surface area contributed by atoms with E-state index in [1.807, 2.05) is 18.2 Å². The molecule has 0 spiro atoms. The molecule has 130 valence electrons. The smallest absolute Gasteiger partial charge is 0.261 e. The lowest BCUT2D eigenvalue weighted by atomic mass is 10.1. The van der Waals surface area contributed by atoms with E-state index in [2.05, 4.69) is 20.3 Å². The molecule has 2 aromatic heterocycles. The zero-order chi connectivity index (χ0) is 18.0. The van der Waals surface area contributed by atoms with Crippen LogP contribution in [0.3, 0.4) is 0 Å². The summed E-state index contributed by atoms with van der Waals surface area (Å²) < 4.78 is 5.19. The van der Waals surface area contributed by atoms with Crippen LogP contribution >= 0.6 is 0 Å². The van der Waals surface area contributed by atoms with Crippen LogP contribution in [0.5, 0.6) is 5.75 Å². The Morgan fingerprint density at radius 3 is 2.76 bits per heavy atom. The summed E-state index contributed by atoms with van der Waals surface area (Å²) in [4.78, 5) is 34.6. The summed E-state index contributed by atoms with van der Waals surface area (Å²) >= 11 is 0. The number of methoxy groups -OCH3 is 1. The Morgan fingerprint density at radius 1 is 1.24 bits per heavy atom. The van der Waals surface area contributed by atoms with Gasteiger partial charge in [-0.15, -0.1) is 0 Å². The maximum atomic E-state index is 12.3. The Kier molecular flexibility index (Phi) is 4.56. The number of benzene rings is 1. The van der Waals surface area contributed by atoms with E-state index in [-0.39, 0.29) is 17.0 Å². The molecule has 3 aromatic rings. The van der Waals surface area contributed by atoms with Gasteiger partial charge in [0.25, 0.3) is 11.5 Å². The van der Waals surface area contributed by atoms with Crippen molar-refractivity contribution in [3.05, 3.63) is 57.3 Å². The highest BCUT2D eigenvalue weighted by Gasteiger charge is 2.14. The minimum absolute atomic E-state index is 0.153. The van der Waals surface area contributed by atoms with E-state index in [1.165, 1.54) is 0 Å². The fourth-order valence-electron chi connectivity index (χ4n) is 2.81. The topological polar surface area (TPSA) is 99.9 Å². The summed E-state index contributed by atoms with van der Waals surface area (Å²) in [6, 6.07) is 7.38. The molecule has 3 rings (SSSR count). The van der Waals surface area contributed by atoms with Crippen LogP contribution in [-0.2, 0) is 6.42 Å². The van der Waals surface area contributed by atoms with Gasteiger partial charge in [-0.05, 0) is 37.6 Å². The molecule has 0 saturated carbocycles. The first-order valence-corrected chi connectivity index (χ1v) is 7.99. The van der Waals surface area contributed by atoms with Crippen molar-refractivity contribution < 1.29 is 9.53 Å². The van der Waals surface area contributed by atoms with E-state index in [1.54, 1.807) is 27.0 Å². The second-order valence-corrected chi connectivity index (χ2v) is 5.91. The van der Waals surface area contributed by atoms with Gasteiger partial charge in [-0.3, -0.25) is 9.59 Å². The van der Waals surface area contributed by atoms with Gasteiger partial charge >= 0.3 is 0 Å². The Balaban J connectivity index is 1.67. The number of carbonyl (C=O) groups is 1. The Labute approximate surface area is 144 Å². The lowest BCUT2D eigenvalue weighted by Gasteiger charge is -2.07. The lowest BCUT2D eigenvalue weighted by Crippen LogP contribution is -2.32.